The Hall–Kier alpha value is -4.11. The lowest BCUT2D eigenvalue weighted by atomic mass is 9.99. The first-order chi connectivity index (χ1) is 20.3. The fourth-order valence-corrected chi connectivity index (χ4v) is 5.39. The first-order valence-electron chi connectivity index (χ1n) is 12.9. The van der Waals surface area contributed by atoms with Gasteiger partial charge in [0.2, 0.25) is 0 Å². The van der Waals surface area contributed by atoms with Crippen LogP contribution >= 0.6 is 39.1 Å². The van der Waals surface area contributed by atoms with Crippen LogP contribution in [0.4, 0.5) is 0 Å². The number of H-pyrrole nitrogens is 1. The number of aromatic nitrogens is 1. The molecule has 10 heteroatoms. The maximum absolute atomic E-state index is 13.5. The van der Waals surface area contributed by atoms with Crippen molar-refractivity contribution in [2.24, 2.45) is 5.10 Å². The molecule has 0 unspecified atom stereocenters. The number of aromatic amines is 1. The number of halogens is 3. The Balaban J connectivity index is 1.45. The molecule has 0 radical (unpaired) electrons. The molecule has 4 aromatic carbocycles. The lowest BCUT2D eigenvalue weighted by Gasteiger charge is -2.11. The Morgan fingerprint density at radius 1 is 1.00 bits per heavy atom. The molecule has 0 atom stereocenters. The highest BCUT2D eigenvalue weighted by molar-refractivity contribution is 9.10. The van der Waals surface area contributed by atoms with E-state index in [2.05, 4.69) is 38.4 Å². The van der Waals surface area contributed by atoms with E-state index in [0.29, 0.717) is 32.6 Å². The van der Waals surface area contributed by atoms with Crippen LogP contribution in [0, 0.1) is 0 Å². The van der Waals surface area contributed by atoms with Crippen LogP contribution in [0.2, 0.25) is 10.0 Å². The lowest BCUT2D eigenvalue weighted by Crippen LogP contribution is -2.19. The van der Waals surface area contributed by atoms with Crippen LogP contribution in [-0.2, 0) is 6.42 Å². The zero-order valence-electron chi connectivity index (χ0n) is 22.5. The Morgan fingerprint density at radius 2 is 1.79 bits per heavy atom. The molecular weight excluding hydrogens is 641 g/mol. The molecule has 0 aliphatic carbocycles. The van der Waals surface area contributed by atoms with E-state index in [1.54, 1.807) is 36.4 Å². The number of esters is 1. The molecule has 0 saturated heterocycles. The van der Waals surface area contributed by atoms with Gasteiger partial charge in [-0.2, -0.15) is 5.10 Å². The van der Waals surface area contributed by atoms with E-state index in [0.717, 1.165) is 32.9 Å². The van der Waals surface area contributed by atoms with E-state index >= 15 is 0 Å². The molecule has 0 saturated carbocycles. The molecule has 0 aliphatic rings. The summed E-state index contributed by atoms with van der Waals surface area (Å²) < 4.78 is 11.7. The van der Waals surface area contributed by atoms with Gasteiger partial charge in [0.1, 0.15) is 22.8 Å². The van der Waals surface area contributed by atoms with Crippen LogP contribution in [-0.4, -0.2) is 30.2 Å². The summed E-state index contributed by atoms with van der Waals surface area (Å²) in [7, 11) is 1.45. The van der Waals surface area contributed by atoms with Gasteiger partial charge >= 0.3 is 5.97 Å². The third-order valence-electron chi connectivity index (χ3n) is 6.60. The second kappa shape index (κ2) is 12.8. The van der Waals surface area contributed by atoms with Crippen molar-refractivity contribution in [3.05, 3.63) is 116 Å². The van der Waals surface area contributed by atoms with E-state index in [9.17, 15) is 9.59 Å². The fourth-order valence-electron chi connectivity index (χ4n) is 4.61. The number of rotatable bonds is 8. The number of benzene rings is 4. The molecule has 5 aromatic rings. The average Bonchev–Trinajstić information content (AvgIpc) is 3.38. The topological polar surface area (TPSA) is 92.8 Å². The highest BCUT2D eigenvalue weighted by atomic mass is 79.9. The highest BCUT2D eigenvalue weighted by Crippen LogP contribution is 2.38. The minimum Gasteiger partial charge on any atom is -0.496 e. The number of ether oxygens (including phenoxy) is 2. The summed E-state index contributed by atoms with van der Waals surface area (Å²) in [6, 6.07) is 23.0. The van der Waals surface area contributed by atoms with Gasteiger partial charge in [0, 0.05) is 42.1 Å². The summed E-state index contributed by atoms with van der Waals surface area (Å²) in [5, 5.41) is 5.95. The Bertz CT molecular complexity index is 1850. The predicted octanol–water partition coefficient (Wildman–Crippen LogP) is 8.46. The third kappa shape index (κ3) is 6.06. The van der Waals surface area contributed by atoms with Gasteiger partial charge < -0.3 is 14.5 Å². The van der Waals surface area contributed by atoms with E-state index < -0.39 is 11.9 Å². The molecule has 0 spiro atoms. The third-order valence-corrected chi connectivity index (χ3v) is 7.65. The lowest BCUT2D eigenvalue weighted by molar-refractivity contribution is 0.0730. The summed E-state index contributed by atoms with van der Waals surface area (Å²) in [5.74, 6) is -0.581. The second-order valence-corrected chi connectivity index (χ2v) is 10.9. The largest absolute Gasteiger partial charge is 0.496 e. The smallest absolute Gasteiger partial charge is 0.347 e. The van der Waals surface area contributed by atoms with E-state index in [4.69, 9.17) is 32.7 Å². The minimum absolute atomic E-state index is 0.168. The van der Waals surface area contributed by atoms with Gasteiger partial charge in [0.25, 0.3) is 5.91 Å². The molecule has 2 N–H and O–H groups in total. The molecule has 212 valence electrons. The molecule has 0 aliphatic heterocycles. The van der Waals surface area contributed by atoms with Crippen molar-refractivity contribution in [1.82, 2.24) is 10.4 Å². The van der Waals surface area contributed by atoms with Crippen molar-refractivity contribution >= 4 is 68.1 Å². The summed E-state index contributed by atoms with van der Waals surface area (Å²) in [4.78, 5) is 29.8. The van der Waals surface area contributed by atoms with Crippen LogP contribution in [0.5, 0.6) is 11.5 Å². The van der Waals surface area contributed by atoms with Gasteiger partial charge in [-0.25, -0.2) is 10.2 Å². The van der Waals surface area contributed by atoms with Gasteiger partial charge in [0.05, 0.1) is 13.3 Å². The molecular formula is C32H24BrCl2N3O4. The Kier molecular flexibility index (Phi) is 8.97. The standard InChI is InChI=1S/C32H24BrCl2N3O4/c1-3-18-7-6-9-23-28(22-8-4-5-10-25(22)35)30(37-29(18)23)31(39)38-36-17-19-15-20(33)11-13-26(19)42-32(40)24-16-21(34)12-14-27(24)41-2/h4-17,37H,3H2,1-2H3,(H,38,39). The van der Waals surface area contributed by atoms with Crippen molar-refractivity contribution < 1.29 is 19.1 Å². The number of hydrazone groups is 1. The first-order valence-corrected chi connectivity index (χ1v) is 14.4. The number of nitrogens with zero attached hydrogens (tertiary/aromatic N) is 1. The average molecular weight is 665 g/mol. The number of methoxy groups -OCH3 is 1. The normalized spacial score (nSPS) is 11.2. The van der Waals surface area contributed by atoms with Crippen LogP contribution in [0.25, 0.3) is 22.0 Å². The Morgan fingerprint density at radius 3 is 2.55 bits per heavy atom. The molecule has 0 bridgehead atoms. The van der Waals surface area contributed by atoms with Crippen LogP contribution in [0.15, 0.2) is 88.4 Å². The SMILES string of the molecule is CCc1cccc2c(-c3ccccc3Cl)c(C(=O)NN=Cc3cc(Br)ccc3OC(=O)c3cc(Cl)ccc3OC)[nH]c12. The monoisotopic (exact) mass is 663 g/mol. The summed E-state index contributed by atoms with van der Waals surface area (Å²) >= 11 is 16.1. The second-order valence-electron chi connectivity index (χ2n) is 9.16. The van der Waals surface area contributed by atoms with Gasteiger partial charge in [0.15, 0.2) is 0 Å². The number of hydrogen-bond acceptors (Lipinski definition) is 5. The van der Waals surface area contributed by atoms with E-state index in [-0.39, 0.29) is 11.3 Å². The van der Waals surface area contributed by atoms with Gasteiger partial charge in [-0.3, -0.25) is 4.79 Å². The molecule has 42 heavy (non-hydrogen) atoms. The summed E-state index contributed by atoms with van der Waals surface area (Å²) in [6.45, 7) is 2.06. The van der Waals surface area contributed by atoms with Crippen LogP contribution in [0.1, 0.15) is 38.9 Å². The molecule has 5 rings (SSSR count). The number of hydrogen-bond donors (Lipinski definition) is 2. The number of fused-ring (bicyclic) bond motifs is 1. The van der Waals surface area contributed by atoms with Gasteiger partial charge in [-0.05, 0) is 54.4 Å². The molecule has 1 amide bonds. The predicted molar refractivity (Wildman–Crippen MR) is 170 cm³/mol. The van der Waals surface area contributed by atoms with Crippen LogP contribution in [0.3, 0.4) is 0 Å². The number of nitrogens with one attached hydrogen (secondary N) is 2. The van der Waals surface area contributed by atoms with E-state index in [1.807, 2.05) is 36.4 Å². The van der Waals surface area contributed by atoms with Crippen molar-refractivity contribution in [2.75, 3.05) is 7.11 Å². The zero-order chi connectivity index (χ0) is 29.8. The molecule has 1 heterocycles. The summed E-state index contributed by atoms with van der Waals surface area (Å²) in [6.07, 6.45) is 2.18. The molecule has 1 aromatic heterocycles. The maximum Gasteiger partial charge on any atom is 0.347 e. The minimum atomic E-state index is -0.662. The fraction of sp³-hybridized carbons (Fsp3) is 0.0938. The summed E-state index contributed by atoms with van der Waals surface area (Å²) in [5.41, 5.74) is 6.87. The van der Waals surface area contributed by atoms with Crippen LogP contribution < -0.4 is 14.9 Å². The number of amides is 1. The first kappa shape index (κ1) is 29.4. The van der Waals surface area contributed by atoms with Gasteiger partial charge in [-0.15, -0.1) is 0 Å². The quantitative estimate of drug-likeness (QED) is 0.0753. The van der Waals surface area contributed by atoms with Crippen molar-refractivity contribution in [3.63, 3.8) is 0 Å². The number of carbonyl (C=O) groups is 2. The zero-order valence-corrected chi connectivity index (χ0v) is 25.6. The number of aryl methyl sites for hydroxylation is 1. The van der Waals surface area contributed by atoms with Gasteiger partial charge in [-0.1, -0.05) is 82.5 Å². The Labute approximate surface area is 260 Å². The highest BCUT2D eigenvalue weighted by Gasteiger charge is 2.22. The maximum atomic E-state index is 13.5. The van der Waals surface area contributed by atoms with Crippen molar-refractivity contribution in [2.45, 2.75) is 13.3 Å². The number of para-hydroxylation sites is 1. The molecule has 0 fully saturated rings. The van der Waals surface area contributed by atoms with Crippen molar-refractivity contribution in [1.29, 1.82) is 0 Å². The van der Waals surface area contributed by atoms with E-state index in [1.165, 1.54) is 19.4 Å². The van der Waals surface area contributed by atoms with Crippen molar-refractivity contribution in [3.8, 4) is 22.6 Å². The molecule has 7 nitrogen and oxygen atoms in total. The number of carbonyl (C=O) groups excluding carboxylic acids is 2.